The van der Waals surface area contributed by atoms with Gasteiger partial charge in [0.15, 0.2) is 0 Å². The van der Waals surface area contributed by atoms with Gasteiger partial charge < -0.3 is 4.98 Å². The lowest BCUT2D eigenvalue weighted by Gasteiger charge is -2.23. The Morgan fingerprint density at radius 2 is 2.20 bits per heavy atom. The van der Waals surface area contributed by atoms with E-state index in [1.165, 1.54) is 6.42 Å². The summed E-state index contributed by atoms with van der Waals surface area (Å²) in [6, 6.07) is 5.93. The molecule has 1 aromatic carbocycles. The number of imidazole rings is 1. The summed E-state index contributed by atoms with van der Waals surface area (Å²) >= 11 is -1.62. The molecule has 0 saturated carbocycles. The van der Waals surface area contributed by atoms with Crippen molar-refractivity contribution in [3.8, 4) is 0 Å². The van der Waals surface area contributed by atoms with E-state index in [0.717, 1.165) is 42.5 Å². The second-order valence-corrected chi connectivity index (χ2v) is 5.83. The van der Waals surface area contributed by atoms with Crippen LogP contribution in [0.1, 0.15) is 26.3 Å². The number of aromatic amines is 1. The molecule has 2 N–H and O–H groups in total. The number of anilines is 1. The normalized spacial score (nSPS) is 18.2. The Morgan fingerprint density at radius 3 is 3.00 bits per heavy atom. The topological polar surface area (TPSA) is 70.2 Å². The van der Waals surface area contributed by atoms with Crippen LogP contribution in [-0.2, 0) is 15.6 Å². The molecule has 6 nitrogen and oxygen atoms in total. The summed E-state index contributed by atoms with van der Waals surface area (Å²) < 4.78 is 20.0. The summed E-state index contributed by atoms with van der Waals surface area (Å²) in [6.45, 7) is 3.67. The van der Waals surface area contributed by atoms with Crippen molar-refractivity contribution in [3.05, 3.63) is 23.8 Å². The molecule has 1 aromatic heterocycles. The number of fused-ring (bicyclic) bond motifs is 1. The molecule has 0 radical (unpaired) electrons. The molecule has 110 valence electrons. The summed E-state index contributed by atoms with van der Waals surface area (Å²) in [5.41, 5.74) is 2.91. The molecule has 2 aromatic rings. The van der Waals surface area contributed by atoms with Gasteiger partial charge in [-0.1, -0.05) is 12.5 Å². The highest BCUT2D eigenvalue weighted by Crippen LogP contribution is 2.16. The molecule has 1 atom stereocenters. The van der Waals surface area contributed by atoms with E-state index in [1.807, 2.05) is 25.1 Å². The van der Waals surface area contributed by atoms with Gasteiger partial charge in [0, 0.05) is 14.5 Å². The summed E-state index contributed by atoms with van der Waals surface area (Å²) in [6.07, 6.45) is 3.38. The standard InChI is InChI=1S/C13H18N4O2S.H2/c1-10-5-6-11-12(9-10)15-13(14-11)16-20(18)19-17-7-3-2-4-8-17;/h5-6,9H,2-4,7-8H2,1H3,(H2,14,15,16);1H. The molecule has 0 aliphatic carbocycles. The van der Waals surface area contributed by atoms with Crippen molar-refractivity contribution in [1.29, 1.82) is 0 Å². The van der Waals surface area contributed by atoms with Gasteiger partial charge in [0.2, 0.25) is 5.95 Å². The number of hydroxylamine groups is 2. The van der Waals surface area contributed by atoms with Crippen molar-refractivity contribution in [2.24, 2.45) is 0 Å². The lowest BCUT2D eigenvalue weighted by molar-refractivity contribution is -0.0586. The van der Waals surface area contributed by atoms with Gasteiger partial charge in [-0.3, -0.25) is 4.72 Å². The Kier molecular flexibility index (Phi) is 4.00. The largest absolute Gasteiger partial charge is 0.323 e. The van der Waals surface area contributed by atoms with Crippen molar-refractivity contribution in [3.63, 3.8) is 0 Å². The number of nitrogens with zero attached hydrogens (tertiary/aromatic N) is 2. The minimum Gasteiger partial charge on any atom is -0.323 e. The van der Waals surface area contributed by atoms with Crippen LogP contribution in [0.2, 0.25) is 0 Å². The van der Waals surface area contributed by atoms with Crippen LogP contribution >= 0.6 is 0 Å². The van der Waals surface area contributed by atoms with Crippen LogP contribution in [0.3, 0.4) is 0 Å². The lowest BCUT2D eigenvalue weighted by atomic mass is 10.2. The third-order valence-corrected chi connectivity index (χ3v) is 4.01. The van der Waals surface area contributed by atoms with Crippen LogP contribution in [0.25, 0.3) is 11.0 Å². The zero-order valence-electron chi connectivity index (χ0n) is 11.4. The molecule has 1 aliphatic heterocycles. The Bertz CT molecular complexity index is 628. The maximum absolute atomic E-state index is 11.9. The summed E-state index contributed by atoms with van der Waals surface area (Å²) in [4.78, 5) is 7.42. The van der Waals surface area contributed by atoms with Crippen molar-refractivity contribution in [2.45, 2.75) is 26.2 Å². The first kappa shape index (κ1) is 13.5. The number of piperidine rings is 1. The van der Waals surface area contributed by atoms with Gasteiger partial charge in [0.1, 0.15) is 0 Å². The molecule has 1 saturated heterocycles. The molecule has 0 spiro atoms. The number of benzene rings is 1. The third-order valence-electron chi connectivity index (χ3n) is 3.31. The van der Waals surface area contributed by atoms with Gasteiger partial charge >= 0.3 is 0 Å². The average Bonchev–Trinajstić information content (AvgIpc) is 2.80. The van der Waals surface area contributed by atoms with E-state index in [-0.39, 0.29) is 1.43 Å². The zero-order chi connectivity index (χ0) is 13.9. The minimum atomic E-state index is -1.62. The number of rotatable bonds is 4. The molecular weight excluding hydrogens is 276 g/mol. The molecule has 20 heavy (non-hydrogen) atoms. The molecule has 3 rings (SSSR count). The van der Waals surface area contributed by atoms with Crippen LogP contribution < -0.4 is 4.72 Å². The average molecular weight is 296 g/mol. The molecule has 0 amide bonds. The van der Waals surface area contributed by atoms with Crippen molar-refractivity contribution in [2.75, 3.05) is 17.8 Å². The fourth-order valence-electron chi connectivity index (χ4n) is 2.30. The SMILES string of the molecule is Cc1ccc2nc(NS(=O)ON3CCCCC3)[nH]c2c1.[HH]. The monoisotopic (exact) mass is 296 g/mol. The van der Waals surface area contributed by atoms with Crippen LogP contribution in [-0.4, -0.2) is 32.3 Å². The van der Waals surface area contributed by atoms with Crippen molar-refractivity contribution >= 4 is 28.2 Å². The summed E-state index contributed by atoms with van der Waals surface area (Å²) in [7, 11) is 0. The highest BCUT2D eigenvalue weighted by atomic mass is 32.2. The predicted octanol–water partition coefficient (Wildman–Crippen LogP) is 2.53. The zero-order valence-corrected chi connectivity index (χ0v) is 12.2. The maximum Gasteiger partial charge on any atom is 0.282 e. The van der Waals surface area contributed by atoms with Gasteiger partial charge in [0.05, 0.1) is 11.0 Å². The third kappa shape index (κ3) is 3.17. The van der Waals surface area contributed by atoms with E-state index in [4.69, 9.17) is 4.28 Å². The summed E-state index contributed by atoms with van der Waals surface area (Å²) in [5.74, 6) is 0.459. The molecule has 7 heteroatoms. The highest BCUT2D eigenvalue weighted by Gasteiger charge is 2.15. The van der Waals surface area contributed by atoms with Gasteiger partial charge in [-0.05, 0) is 37.5 Å². The first-order valence-corrected chi connectivity index (χ1v) is 7.86. The first-order chi connectivity index (χ1) is 9.70. The second-order valence-electron chi connectivity index (χ2n) is 5.01. The van der Waals surface area contributed by atoms with Gasteiger partial charge in [-0.15, -0.1) is 0 Å². The van der Waals surface area contributed by atoms with Crippen LogP contribution in [0, 0.1) is 6.92 Å². The van der Waals surface area contributed by atoms with E-state index in [2.05, 4.69) is 14.7 Å². The summed E-state index contributed by atoms with van der Waals surface area (Å²) in [5, 5.41) is 1.75. The number of aryl methyl sites for hydroxylation is 1. The number of H-pyrrole nitrogens is 1. The number of nitrogens with one attached hydrogen (secondary N) is 2. The van der Waals surface area contributed by atoms with Gasteiger partial charge in [-0.2, -0.15) is 9.35 Å². The lowest BCUT2D eigenvalue weighted by Crippen LogP contribution is -2.32. The van der Waals surface area contributed by atoms with Crippen molar-refractivity contribution < 1.29 is 9.92 Å². The predicted molar refractivity (Wildman–Crippen MR) is 81.2 cm³/mol. The first-order valence-electron chi connectivity index (χ1n) is 6.79. The molecule has 0 bridgehead atoms. The van der Waals surface area contributed by atoms with E-state index in [0.29, 0.717) is 5.95 Å². The number of hydrogen-bond donors (Lipinski definition) is 2. The quantitative estimate of drug-likeness (QED) is 0.909. The van der Waals surface area contributed by atoms with Gasteiger partial charge in [0.25, 0.3) is 11.3 Å². The van der Waals surface area contributed by atoms with E-state index in [9.17, 15) is 4.21 Å². The molecule has 1 unspecified atom stereocenters. The number of aromatic nitrogens is 2. The van der Waals surface area contributed by atoms with E-state index in [1.54, 1.807) is 5.06 Å². The fourth-order valence-corrected chi connectivity index (χ4v) is 2.94. The molecule has 2 heterocycles. The van der Waals surface area contributed by atoms with E-state index < -0.39 is 11.3 Å². The Labute approximate surface area is 121 Å². The Hall–Kier alpha value is -1.44. The Morgan fingerprint density at radius 1 is 1.40 bits per heavy atom. The molecular formula is C13H20N4O2S. The van der Waals surface area contributed by atoms with Crippen LogP contribution in [0.4, 0.5) is 5.95 Å². The molecule has 1 fully saturated rings. The van der Waals surface area contributed by atoms with Crippen molar-refractivity contribution in [1.82, 2.24) is 15.0 Å². The van der Waals surface area contributed by atoms with Crippen LogP contribution in [0.5, 0.6) is 0 Å². The van der Waals surface area contributed by atoms with E-state index >= 15 is 0 Å². The maximum atomic E-state index is 11.9. The second kappa shape index (κ2) is 5.90. The van der Waals surface area contributed by atoms with Gasteiger partial charge in [-0.25, -0.2) is 9.19 Å². The minimum absolute atomic E-state index is 0. The number of hydrogen-bond acceptors (Lipinski definition) is 4. The molecule has 1 aliphatic rings. The highest BCUT2D eigenvalue weighted by molar-refractivity contribution is 7.81. The van der Waals surface area contributed by atoms with Crippen LogP contribution in [0.15, 0.2) is 18.2 Å². The smallest absolute Gasteiger partial charge is 0.282 e. The Balaban J connectivity index is 0.00000161. The fraction of sp³-hybridized carbons (Fsp3) is 0.462.